The number of fused-ring (bicyclic) bond motifs is 1. The van der Waals surface area contributed by atoms with E-state index in [-0.39, 0.29) is 5.82 Å². The van der Waals surface area contributed by atoms with Crippen molar-refractivity contribution >= 4 is 16.7 Å². The molecule has 0 unspecified atom stereocenters. The third kappa shape index (κ3) is 3.24. The number of halogens is 1. The molecule has 5 nitrogen and oxygen atoms in total. The van der Waals surface area contributed by atoms with Gasteiger partial charge < -0.3 is 9.64 Å². The van der Waals surface area contributed by atoms with Crippen LogP contribution >= 0.6 is 0 Å². The average Bonchev–Trinajstić information content (AvgIpc) is 2.72. The highest BCUT2D eigenvalue weighted by Crippen LogP contribution is 2.36. The Labute approximate surface area is 162 Å². The normalized spacial score (nSPS) is 10.9. The molecule has 6 heteroatoms. The fraction of sp³-hybridized carbons (Fsp3) is 0.136. The largest absolute Gasteiger partial charge is 0.494 e. The Hall–Kier alpha value is -3.54. The van der Waals surface area contributed by atoms with E-state index < -0.39 is 0 Å². The van der Waals surface area contributed by atoms with Crippen molar-refractivity contribution in [1.29, 1.82) is 0 Å². The zero-order valence-corrected chi connectivity index (χ0v) is 15.8. The number of pyridine rings is 1. The highest BCUT2D eigenvalue weighted by atomic mass is 19.1. The number of nitrogens with zero attached hydrogens (tertiary/aromatic N) is 4. The van der Waals surface area contributed by atoms with E-state index >= 15 is 0 Å². The van der Waals surface area contributed by atoms with Crippen molar-refractivity contribution in [3.05, 3.63) is 66.7 Å². The number of aromatic nitrogens is 3. The van der Waals surface area contributed by atoms with Gasteiger partial charge in [-0.2, -0.15) is 0 Å². The van der Waals surface area contributed by atoms with Crippen molar-refractivity contribution in [3.63, 3.8) is 0 Å². The SMILES string of the molecule is COc1cc(-c2cccc(F)c2)cc2c(N(C)C)nc(-c3cccnc3)nc12. The van der Waals surface area contributed by atoms with Crippen LogP contribution in [0.2, 0.25) is 0 Å². The van der Waals surface area contributed by atoms with E-state index in [0.29, 0.717) is 17.1 Å². The summed E-state index contributed by atoms with van der Waals surface area (Å²) in [6.45, 7) is 0. The quantitative estimate of drug-likeness (QED) is 0.524. The minimum absolute atomic E-state index is 0.285. The van der Waals surface area contributed by atoms with E-state index in [4.69, 9.17) is 14.7 Å². The van der Waals surface area contributed by atoms with E-state index in [1.165, 1.54) is 12.1 Å². The molecule has 2 aromatic carbocycles. The van der Waals surface area contributed by atoms with Gasteiger partial charge in [0.1, 0.15) is 22.9 Å². The number of benzene rings is 2. The van der Waals surface area contributed by atoms with Crippen LogP contribution in [-0.2, 0) is 0 Å². The van der Waals surface area contributed by atoms with Crippen LogP contribution in [0.25, 0.3) is 33.4 Å². The second-order valence-corrected chi connectivity index (χ2v) is 6.59. The molecule has 0 amide bonds. The van der Waals surface area contributed by atoms with Crippen molar-refractivity contribution in [1.82, 2.24) is 15.0 Å². The van der Waals surface area contributed by atoms with E-state index in [9.17, 15) is 4.39 Å². The van der Waals surface area contributed by atoms with Crippen LogP contribution in [0.15, 0.2) is 60.9 Å². The molecule has 0 aliphatic carbocycles. The molecule has 140 valence electrons. The molecule has 28 heavy (non-hydrogen) atoms. The molecule has 0 saturated heterocycles. The van der Waals surface area contributed by atoms with Gasteiger partial charge in [-0.05, 0) is 47.5 Å². The summed E-state index contributed by atoms with van der Waals surface area (Å²) in [5, 5.41) is 0.830. The van der Waals surface area contributed by atoms with Crippen LogP contribution in [0.5, 0.6) is 5.75 Å². The number of ether oxygens (including phenoxy) is 1. The Morgan fingerprint density at radius 1 is 0.929 bits per heavy atom. The first-order valence-corrected chi connectivity index (χ1v) is 8.80. The molecule has 0 spiro atoms. The molecule has 0 bridgehead atoms. The second-order valence-electron chi connectivity index (χ2n) is 6.59. The molecule has 0 saturated carbocycles. The van der Waals surface area contributed by atoms with Crippen molar-refractivity contribution in [3.8, 4) is 28.3 Å². The van der Waals surface area contributed by atoms with Crippen LogP contribution in [0.1, 0.15) is 0 Å². The van der Waals surface area contributed by atoms with Gasteiger partial charge in [0.2, 0.25) is 0 Å². The van der Waals surface area contributed by atoms with Gasteiger partial charge >= 0.3 is 0 Å². The maximum Gasteiger partial charge on any atom is 0.163 e. The van der Waals surface area contributed by atoms with Gasteiger partial charge in [-0.25, -0.2) is 14.4 Å². The summed E-state index contributed by atoms with van der Waals surface area (Å²) in [7, 11) is 5.46. The lowest BCUT2D eigenvalue weighted by Crippen LogP contribution is -2.12. The molecule has 0 aliphatic rings. The lowest BCUT2D eigenvalue weighted by molar-refractivity contribution is 0.419. The molecular formula is C22H19FN4O. The summed E-state index contributed by atoms with van der Waals surface area (Å²) >= 11 is 0. The predicted molar refractivity (Wildman–Crippen MR) is 109 cm³/mol. The molecular weight excluding hydrogens is 355 g/mol. The maximum atomic E-state index is 13.7. The van der Waals surface area contributed by atoms with E-state index in [2.05, 4.69) is 4.98 Å². The van der Waals surface area contributed by atoms with Gasteiger partial charge in [-0.15, -0.1) is 0 Å². The van der Waals surface area contributed by atoms with Crippen LogP contribution < -0.4 is 9.64 Å². The summed E-state index contributed by atoms with van der Waals surface area (Å²) < 4.78 is 19.4. The molecule has 4 rings (SSSR count). The highest BCUT2D eigenvalue weighted by molar-refractivity contribution is 5.98. The molecule has 0 radical (unpaired) electrons. The third-order valence-electron chi connectivity index (χ3n) is 4.47. The monoisotopic (exact) mass is 374 g/mol. The summed E-state index contributed by atoms with van der Waals surface area (Å²) in [4.78, 5) is 15.6. The first-order valence-electron chi connectivity index (χ1n) is 8.80. The van der Waals surface area contributed by atoms with E-state index in [1.54, 1.807) is 25.6 Å². The van der Waals surface area contributed by atoms with Gasteiger partial charge in [0.05, 0.1) is 7.11 Å². The van der Waals surface area contributed by atoms with Crippen molar-refractivity contribution in [2.24, 2.45) is 0 Å². The molecule has 0 aliphatic heterocycles. The smallest absolute Gasteiger partial charge is 0.163 e. The van der Waals surface area contributed by atoms with Gasteiger partial charge in [0.25, 0.3) is 0 Å². The topological polar surface area (TPSA) is 51.1 Å². The Morgan fingerprint density at radius 3 is 2.43 bits per heavy atom. The number of anilines is 1. The summed E-state index contributed by atoms with van der Waals surface area (Å²) in [6.07, 6.45) is 3.44. The Bertz CT molecular complexity index is 1150. The first-order chi connectivity index (χ1) is 13.6. The fourth-order valence-corrected chi connectivity index (χ4v) is 3.14. The summed E-state index contributed by atoms with van der Waals surface area (Å²) in [6, 6.07) is 14.1. The fourth-order valence-electron chi connectivity index (χ4n) is 3.14. The Kier molecular flexibility index (Phi) is 4.61. The summed E-state index contributed by atoms with van der Waals surface area (Å²) in [5.41, 5.74) is 3.12. The Balaban J connectivity index is 2.01. The minimum Gasteiger partial charge on any atom is -0.494 e. The van der Waals surface area contributed by atoms with Crippen LogP contribution in [0.4, 0.5) is 10.2 Å². The van der Waals surface area contributed by atoms with Crippen LogP contribution in [0, 0.1) is 5.82 Å². The number of hydrogen-bond donors (Lipinski definition) is 0. The Morgan fingerprint density at radius 2 is 1.75 bits per heavy atom. The van der Waals surface area contributed by atoms with Gasteiger partial charge in [-0.1, -0.05) is 12.1 Å². The van der Waals surface area contributed by atoms with Crippen LogP contribution in [-0.4, -0.2) is 36.2 Å². The molecule has 0 atom stereocenters. The van der Waals surface area contributed by atoms with Crippen molar-refractivity contribution in [2.45, 2.75) is 0 Å². The van der Waals surface area contributed by atoms with E-state index in [0.717, 1.165) is 27.9 Å². The lowest BCUT2D eigenvalue weighted by atomic mass is 10.0. The number of hydrogen-bond acceptors (Lipinski definition) is 5. The van der Waals surface area contributed by atoms with Gasteiger partial charge in [-0.3, -0.25) is 4.98 Å². The first kappa shape index (κ1) is 17.9. The molecule has 2 heterocycles. The second kappa shape index (κ2) is 7.23. The molecule has 0 fully saturated rings. The third-order valence-corrected chi connectivity index (χ3v) is 4.47. The maximum absolute atomic E-state index is 13.7. The summed E-state index contributed by atoms with van der Waals surface area (Å²) in [5.74, 6) is 1.64. The number of methoxy groups -OCH3 is 1. The van der Waals surface area contributed by atoms with Gasteiger partial charge in [0, 0.05) is 37.4 Å². The standard InChI is InChI=1S/C22H19FN4O/c1-27(2)22-18-11-16(14-6-4-8-17(23)10-14)12-19(28-3)20(18)25-21(26-22)15-7-5-9-24-13-15/h4-13H,1-3H3. The molecule has 2 aromatic heterocycles. The highest BCUT2D eigenvalue weighted by Gasteiger charge is 2.16. The number of rotatable bonds is 4. The van der Waals surface area contributed by atoms with Gasteiger partial charge in [0.15, 0.2) is 5.82 Å². The predicted octanol–water partition coefficient (Wildman–Crippen LogP) is 4.57. The molecule has 0 N–H and O–H groups in total. The van der Waals surface area contributed by atoms with Crippen molar-refractivity contribution in [2.75, 3.05) is 26.1 Å². The zero-order valence-electron chi connectivity index (χ0n) is 15.8. The average molecular weight is 374 g/mol. The molecule has 4 aromatic rings. The van der Waals surface area contributed by atoms with Crippen LogP contribution in [0.3, 0.4) is 0 Å². The minimum atomic E-state index is -0.285. The van der Waals surface area contributed by atoms with E-state index in [1.807, 2.05) is 49.3 Å². The van der Waals surface area contributed by atoms with Crippen molar-refractivity contribution < 1.29 is 9.13 Å². The lowest BCUT2D eigenvalue weighted by Gasteiger charge is -2.18. The zero-order chi connectivity index (χ0) is 19.7.